The van der Waals surface area contributed by atoms with Gasteiger partial charge in [-0.2, -0.15) is 5.10 Å². The molecule has 0 bridgehead atoms. The van der Waals surface area contributed by atoms with Crippen LogP contribution in [0.15, 0.2) is 41.5 Å². The van der Waals surface area contributed by atoms with Crippen molar-refractivity contribution >= 4 is 18.0 Å². The van der Waals surface area contributed by atoms with Gasteiger partial charge in [-0.1, -0.05) is 12.0 Å². The lowest BCUT2D eigenvalue weighted by Gasteiger charge is -2.11. The van der Waals surface area contributed by atoms with Gasteiger partial charge in [-0.3, -0.25) is 9.59 Å². The summed E-state index contributed by atoms with van der Waals surface area (Å²) in [5.41, 5.74) is 3.25. The monoisotopic (exact) mass is 409 g/mol. The summed E-state index contributed by atoms with van der Waals surface area (Å²) in [5, 5.41) is 6.39. The van der Waals surface area contributed by atoms with Crippen molar-refractivity contribution in [3.05, 3.63) is 47.5 Å². The summed E-state index contributed by atoms with van der Waals surface area (Å²) < 4.78 is 21.1. The number of hydrogen-bond acceptors (Lipinski definition) is 7. The fraction of sp³-hybridized carbons (Fsp3) is 0.190. The van der Waals surface area contributed by atoms with Crippen LogP contribution in [0, 0.1) is 12.3 Å². The van der Waals surface area contributed by atoms with E-state index in [4.69, 9.17) is 25.4 Å². The first kappa shape index (κ1) is 20.5. The van der Waals surface area contributed by atoms with Crippen LogP contribution in [-0.4, -0.2) is 45.1 Å². The van der Waals surface area contributed by atoms with Crippen LogP contribution < -0.4 is 29.7 Å². The Balaban J connectivity index is 1.54. The minimum absolute atomic E-state index is 0.0550. The normalized spacial score (nSPS) is 11.6. The van der Waals surface area contributed by atoms with Gasteiger partial charge >= 0.3 is 0 Å². The predicted molar refractivity (Wildman–Crippen MR) is 108 cm³/mol. The van der Waals surface area contributed by atoms with E-state index in [9.17, 15) is 9.59 Å². The number of fused-ring (bicyclic) bond motifs is 1. The molecule has 9 nitrogen and oxygen atoms in total. The largest absolute Gasteiger partial charge is 0.493 e. The van der Waals surface area contributed by atoms with E-state index < -0.39 is 11.8 Å². The molecule has 0 fully saturated rings. The average Bonchev–Trinajstić information content (AvgIpc) is 3.24. The molecule has 2 aromatic carbocycles. The van der Waals surface area contributed by atoms with Crippen LogP contribution in [-0.2, 0) is 4.79 Å². The Labute approximate surface area is 173 Å². The highest BCUT2D eigenvalue weighted by molar-refractivity contribution is 5.97. The van der Waals surface area contributed by atoms with Crippen molar-refractivity contribution in [2.24, 2.45) is 5.10 Å². The molecule has 2 N–H and O–H groups in total. The number of amides is 2. The zero-order chi connectivity index (χ0) is 21.3. The van der Waals surface area contributed by atoms with Crippen LogP contribution in [0.4, 0.5) is 0 Å². The number of benzene rings is 2. The van der Waals surface area contributed by atoms with Crippen LogP contribution in [0.2, 0.25) is 0 Å². The zero-order valence-corrected chi connectivity index (χ0v) is 16.1. The van der Waals surface area contributed by atoms with Crippen molar-refractivity contribution in [2.75, 3.05) is 27.1 Å². The predicted octanol–water partition coefficient (Wildman–Crippen LogP) is 1.32. The highest BCUT2D eigenvalue weighted by Gasteiger charge is 2.16. The molecule has 9 heteroatoms. The Hall–Kier alpha value is -4.19. The summed E-state index contributed by atoms with van der Waals surface area (Å²) >= 11 is 0. The molecule has 154 valence electrons. The molecule has 1 aliphatic rings. The molecule has 0 atom stereocenters. The maximum absolute atomic E-state index is 12.2. The molecule has 0 aliphatic carbocycles. The molecule has 30 heavy (non-hydrogen) atoms. The van der Waals surface area contributed by atoms with Crippen LogP contribution in [0.3, 0.4) is 0 Å². The Kier molecular flexibility index (Phi) is 6.74. The topological polar surface area (TPSA) is 107 Å². The van der Waals surface area contributed by atoms with E-state index >= 15 is 0 Å². The number of ether oxygens (including phenoxy) is 4. The Morgan fingerprint density at radius 3 is 2.90 bits per heavy atom. The number of nitrogens with one attached hydrogen (secondary N) is 2. The zero-order valence-electron chi connectivity index (χ0n) is 16.1. The third-order valence-electron chi connectivity index (χ3n) is 3.97. The summed E-state index contributed by atoms with van der Waals surface area (Å²) in [6, 6.07) is 9.96. The van der Waals surface area contributed by atoms with Crippen LogP contribution in [0.1, 0.15) is 15.9 Å². The summed E-state index contributed by atoms with van der Waals surface area (Å²) in [4.78, 5) is 24.2. The highest BCUT2D eigenvalue weighted by Crippen LogP contribution is 2.32. The van der Waals surface area contributed by atoms with Gasteiger partial charge in [-0.05, 0) is 30.3 Å². The van der Waals surface area contributed by atoms with Crippen LogP contribution >= 0.6 is 0 Å². The van der Waals surface area contributed by atoms with Gasteiger partial charge in [0.15, 0.2) is 23.0 Å². The van der Waals surface area contributed by atoms with Crippen molar-refractivity contribution < 1.29 is 28.5 Å². The van der Waals surface area contributed by atoms with Gasteiger partial charge in [-0.15, -0.1) is 6.42 Å². The Morgan fingerprint density at radius 2 is 2.10 bits per heavy atom. The number of rotatable bonds is 8. The lowest BCUT2D eigenvalue weighted by Crippen LogP contribution is -2.34. The molecule has 0 aromatic heterocycles. The minimum atomic E-state index is -0.505. The SMILES string of the molecule is C#CCOc1c(/C=N/NC(=O)CNC(=O)c2ccc3c(c2)OCO3)cccc1OC. The first-order chi connectivity index (χ1) is 14.6. The number of methoxy groups -OCH3 is 1. The number of para-hydroxylation sites is 1. The quantitative estimate of drug-likeness (QED) is 0.387. The third-order valence-corrected chi connectivity index (χ3v) is 3.97. The number of terminal acetylenes is 1. The first-order valence-electron chi connectivity index (χ1n) is 8.85. The van der Waals surface area contributed by atoms with Crippen molar-refractivity contribution in [3.63, 3.8) is 0 Å². The van der Waals surface area contributed by atoms with Crippen molar-refractivity contribution in [2.45, 2.75) is 0 Å². The molecule has 0 radical (unpaired) electrons. The van der Waals surface area contributed by atoms with Gasteiger partial charge in [0.05, 0.1) is 19.9 Å². The first-order valence-corrected chi connectivity index (χ1v) is 8.85. The molecular formula is C21H19N3O6. The average molecular weight is 409 g/mol. The fourth-order valence-electron chi connectivity index (χ4n) is 2.58. The van der Waals surface area contributed by atoms with E-state index in [-0.39, 0.29) is 19.9 Å². The summed E-state index contributed by atoms with van der Waals surface area (Å²) in [5.74, 6) is 3.39. The standard InChI is InChI=1S/C21H19N3O6/c1-3-9-28-20-15(5-4-6-17(20)27-2)11-23-24-19(25)12-22-21(26)14-7-8-16-18(10-14)30-13-29-16/h1,4-8,10-11H,9,12-13H2,2H3,(H,22,26)(H,24,25)/b23-11+. The maximum atomic E-state index is 12.2. The Bertz CT molecular complexity index is 1010. The second-order valence-electron chi connectivity index (χ2n) is 5.92. The van der Waals surface area contributed by atoms with E-state index in [1.54, 1.807) is 36.4 Å². The lowest BCUT2D eigenvalue weighted by atomic mass is 10.2. The summed E-state index contributed by atoms with van der Waals surface area (Å²) in [6.45, 7) is -0.0910. The number of carbonyl (C=O) groups is 2. The second kappa shape index (κ2) is 9.84. The highest BCUT2D eigenvalue weighted by atomic mass is 16.7. The minimum Gasteiger partial charge on any atom is -0.493 e. The van der Waals surface area contributed by atoms with Crippen molar-refractivity contribution in [3.8, 4) is 35.3 Å². The molecule has 1 aliphatic heterocycles. The number of nitrogens with zero attached hydrogens (tertiary/aromatic N) is 1. The van der Waals surface area contributed by atoms with Gasteiger partial charge < -0.3 is 24.3 Å². The molecule has 2 aromatic rings. The van der Waals surface area contributed by atoms with E-state index in [2.05, 4.69) is 21.8 Å². The molecule has 3 rings (SSSR count). The van der Waals surface area contributed by atoms with Gasteiger partial charge in [0.1, 0.15) is 6.61 Å². The molecule has 0 unspecified atom stereocenters. The van der Waals surface area contributed by atoms with E-state index in [0.717, 1.165) is 0 Å². The second-order valence-corrected chi connectivity index (χ2v) is 5.92. The van der Waals surface area contributed by atoms with Crippen LogP contribution in [0.25, 0.3) is 0 Å². The number of hydrogen-bond donors (Lipinski definition) is 2. The summed E-state index contributed by atoms with van der Waals surface area (Å²) in [7, 11) is 1.50. The lowest BCUT2D eigenvalue weighted by molar-refractivity contribution is -0.120. The molecular weight excluding hydrogens is 390 g/mol. The van der Waals surface area contributed by atoms with E-state index in [1.807, 2.05) is 0 Å². The number of hydrazone groups is 1. The molecule has 0 saturated carbocycles. The van der Waals surface area contributed by atoms with Gasteiger partial charge in [-0.25, -0.2) is 5.43 Å². The van der Waals surface area contributed by atoms with E-state index in [0.29, 0.717) is 34.1 Å². The smallest absolute Gasteiger partial charge is 0.259 e. The third kappa shape index (κ3) is 4.99. The van der Waals surface area contributed by atoms with Gasteiger partial charge in [0, 0.05) is 11.1 Å². The molecule has 0 spiro atoms. The Morgan fingerprint density at radius 1 is 1.27 bits per heavy atom. The number of carbonyl (C=O) groups excluding carboxylic acids is 2. The van der Waals surface area contributed by atoms with Crippen LogP contribution in [0.5, 0.6) is 23.0 Å². The van der Waals surface area contributed by atoms with Gasteiger partial charge in [0.25, 0.3) is 11.8 Å². The fourth-order valence-corrected chi connectivity index (χ4v) is 2.58. The van der Waals surface area contributed by atoms with E-state index in [1.165, 1.54) is 13.3 Å². The molecule has 0 saturated heterocycles. The summed E-state index contributed by atoms with van der Waals surface area (Å²) in [6.07, 6.45) is 6.62. The van der Waals surface area contributed by atoms with Crippen molar-refractivity contribution in [1.82, 2.24) is 10.7 Å². The van der Waals surface area contributed by atoms with Crippen molar-refractivity contribution in [1.29, 1.82) is 0 Å². The molecule has 1 heterocycles. The van der Waals surface area contributed by atoms with Gasteiger partial charge in [0.2, 0.25) is 6.79 Å². The molecule has 2 amide bonds. The maximum Gasteiger partial charge on any atom is 0.259 e.